The molecule has 1 fully saturated rings. The summed E-state index contributed by atoms with van der Waals surface area (Å²) in [5.41, 5.74) is 1.93. The van der Waals surface area contributed by atoms with E-state index in [4.69, 9.17) is 0 Å². The number of carbonyl (C=O) groups is 1. The van der Waals surface area contributed by atoms with Crippen LogP contribution in [0.5, 0.6) is 0 Å². The second kappa shape index (κ2) is 11.5. The van der Waals surface area contributed by atoms with Crippen LogP contribution in [0.3, 0.4) is 0 Å². The minimum absolute atomic E-state index is 0.0257. The number of hydrogen-bond donors (Lipinski definition) is 1. The first-order valence-corrected chi connectivity index (χ1v) is 11.6. The number of nitrogens with zero attached hydrogens (tertiary/aromatic N) is 1. The van der Waals surface area contributed by atoms with Gasteiger partial charge in [0.25, 0.3) is 5.92 Å². The summed E-state index contributed by atoms with van der Waals surface area (Å²) >= 11 is 0. The highest BCUT2D eigenvalue weighted by molar-refractivity contribution is 5.77. The molecule has 1 saturated carbocycles. The molecule has 6 heteroatoms. The minimum Gasteiger partial charge on any atom is -0.334 e. The maximum atomic E-state index is 14.2. The van der Waals surface area contributed by atoms with E-state index in [1.807, 2.05) is 42.2 Å². The topological polar surface area (TPSA) is 32.3 Å². The van der Waals surface area contributed by atoms with Crippen LogP contribution in [0.1, 0.15) is 62.6 Å². The van der Waals surface area contributed by atoms with Gasteiger partial charge in [-0.25, -0.2) is 13.2 Å². The Balaban J connectivity index is 1.68. The van der Waals surface area contributed by atoms with Crippen molar-refractivity contribution in [3.05, 3.63) is 71.5 Å². The quantitative estimate of drug-likeness (QED) is 0.492. The van der Waals surface area contributed by atoms with Gasteiger partial charge in [0.1, 0.15) is 5.82 Å². The van der Waals surface area contributed by atoms with E-state index < -0.39 is 12.0 Å². The average molecular weight is 447 g/mol. The monoisotopic (exact) mass is 446 g/mol. The number of nitrogens with one attached hydrogen (secondary N) is 1. The third-order valence-electron chi connectivity index (χ3n) is 6.31. The zero-order valence-corrected chi connectivity index (χ0v) is 18.7. The first kappa shape index (κ1) is 24.3. The normalized spacial score (nSPS) is 18.8. The molecule has 0 bridgehead atoms. The van der Waals surface area contributed by atoms with E-state index in [2.05, 4.69) is 5.32 Å². The van der Waals surface area contributed by atoms with Gasteiger partial charge in [-0.05, 0) is 48.9 Å². The minimum atomic E-state index is -2.70. The molecule has 3 rings (SSSR count). The van der Waals surface area contributed by atoms with E-state index in [-0.39, 0.29) is 30.6 Å². The molecule has 0 saturated heterocycles. The van der Waals surface area contributed by atoms with Crippen LogP contribution >= 0.6 is 0 Å². The average Bonchev–Trinajstić information content (AvgIpc) is 2.79. The van der Waals surface area contributed by atoms with Gasteiger partial charge in [-0.2, -0.15) is 0 Å². The van der Waals surface area contributed by atoms with Crippen molar-refractivity contribution < 1.29 is 18.0 Å². The molecule has 3 nitrogen and oxygen atoms in total. The number of amides is 1. The number of alkyl halides is 2. The smallest absolute Gasteiger partial charge is 0.263 e. The molecule has 0 spiro atoms. The summed E-state index contributed by atoms with van der Waals surface area (Å²) in [6.07, 6.45) is 3.27. The van der Waals surface area contributed by atoms with Crippen LogP contribution in [0.15, 0.2) is 54.6 Å². The van der Waals surface area contributed by atoms with Gasteiger partial charge < -0.3 is 10.2 Å². The lowest BCUT2D eigenvalue weighted by atomic mass is 9.91. The lowest BCUT2D eigenvalue weighted by Crippen LogP contribution is -2.50. The molecule has 2 aromatic rings. The van der Waals surface area contributed by atoms with Crippen molar-refractivity contribution in [3.8, 4) is 0 Å². The molecule has 0 radical (unpaired) electrons. The molecule has 32 heavy (non-hydrogen) atoms. The Hall–Kier alpha value is -2.34. The predicted octanol–water partition coefficient (Wildman–Crippen LogP) is 5.91. The molecule has 0 heterocycles. The molecule has 2 unspecified atom stereocenters. The van der Waals surface area contributed by atoms with Crippen molar-refractivity contribution in [1.29, 1.82) is 0 Å². The zero-order chi connectivity index (χ0) is 23.0. The van der Waals surface area contributed by atoms with Gasteiger partial charge in [0, 0.05) is 25.9 Å². The largest absolute Gasteiger partial charge is 0.334 e. The highest BCUT2D eigenvalue weighted by Gasteiger charge is 2.41. The van der Waals surface area contributed by atoms with E-state index in [0.29, 0.717) is 32.4 Å². The third kappa shape index (κ3) is 6.58. The van der Waals surface area contributed by atoms with Crippen LogP contribution in [-0.2, 0) is 11.2 Å². The summed E-state index contributed by atoms with van der Waals surface area (Å²) in [7, 11) is 0. The number of rotatable bonds is 10. The van der Waals surface area contributed by atoms with Crippen LogP contribution in [-0.4, -0.2) is 35.9 Å². The maximum absolute atomic E-state index is 14.2. The molecule has 1 N–H and O–H groups in total. The Labute approximate surface area is 189 Å². The van der Waals surface area contributed by atoms with Crippen molar-refractivity contribution in [2.75, 3.05) is 13.1 Å². The molecular formula is C26H33F3N2O. The first-order valence-electron chi connectivity index (χ1n) is 11.6. The van der Waals surface area contributed by atoms with E-state index in [1.165, 1.54) is 12.1 Å². The molecule has 1 aliphatic carbocycles. The van der Waals surface area contributed by atoms with Gasteiger partial charge in [-0.3, -0.25) is 4.79 Å². The van der Waals surface area contributed by atoms with E-state index in [0.717, 1.165) is 24.0 Å². The molecule has 2 aromatic carbocycles. The molecular weight excluding hydrogens is 413 g/mol. The van der Waals surface area contributed by atoms with Gasteiger partial charge in [-0.15, -0.1) is 0 Å². The van der Waals surface area contributed by atoms with Crippen LogP contribution in [0.25, 0.3) is 0 Å². The van der Waals surface area contributed by atoms with Crippen molar-refractivity contribution >= 4 is 5.91 Å². The fourth-order valence-corrected chi connectivity index (χ4v) is 4.52. The highest BCUT2D eigenvalue weighted by Crippen LogP contribution is 2.33. The molecule has 0 aromatic heterocycles. The number of halogens is 3. The highest BCUT2D eigenvalue weighted by atomic mass is 19.3. The van der Waals surface area contributed by atoms with Crippen LogP contribution in [0.4, 0.5) is 13.2 Å². The standard InChI is InChI=1S/C26H33F3N2O/c1-2-23(21-8-4-3-5-9-21)31(19-18-30-24-10-6-7-17-26(24,28)29)25(32)16-13-20-11-14-22(27)15-12-20/h3-5,8-9,11-12,14-15,23-24,30H,2,6-7,10,13,16-19H2,1H3. The fourth-order valence-electron chi connectivity index (χ4n) is 4.52. The number of hydrogen-bond acceptors (Lipinski definition) is 2. The summed E-state index contributed by atoms with van der Waals surface area (Å²) in [5, 5.41) is 3.02. The molecule has 0 aliphatic heterocycles. The number of aryl methyl sites for hydroxylation is 1. The third-order valence-corrected chi connectivity index (χ3v) is 6.31. The SMILES string of the molecule is CCC(c1ccccc1)N(CCNC1CCCCC1(F)F)C(=O)CCc1ccc(F)cc1. The van der Waals surface area contributed by atoms with Crippen molar-refractivity contribution in [1.82, 2.24) is 10.2 Å². The van der Waals surface area contributed by atoms with Crippen molar-refractivity contribution in [3.63, 3.8) is 0 Å². The van der Waals surface area contributed by atoms with Gasteiger partial charge in [0.2, 0.25) is 5.91 Å². The van der Waals surface area contributed by atoms with Crippen LogP contribution < -0.4 is 5.32 Å². The summed E-state index contributed by atoms with van der Waals surface area (Å²) < 4.78 is 41.6. The van der Waals surface area contributed by atoms with Crippen molar-refractivity contribution in [2.24, 2.45) is 0 Å². The second-order valence-electron chi connectivity index (χ2n) is 8.56. The number of carbonyl (C=O) groups excluding carboxylic acids is 1. The molecule has 1 aliphatic rings. The molecule has 1 amide bonds. The Morgan fingerprint density at radius 2 is 1.84 bits per heavy atom. The molecule has 2 atom stereocenters. The first-order chi connectivity index (χ1) is 15.4. The Morgan fingerprint density at radius 3 is 2.50 bits per heavy atom. The summed E-state index contributed by atoms with van der Waals surface area (Å²) in [5.74, 6) is -3.02. The van der Waals surface area contributed by atoms with Crippen molar-refractivity contribution in [2.45, 2.75) is 69.9 Å². The summed E-state index contributed by atoms with van der Waals surface area (Å²) in [4.78, 5) is 15.1. The summed E-state index contributed by atoms with van der Waals surface area (Å²) in [6.45, 7) is 2.72. The molecule has 174 valence electrons. The van der Waals surface area contributed by atoms with Gasteiger partial charge in [0.05, 0.1) is 12.1 Å². The zero-order valence-electron chi connectivity index (χ0n) is 18.7. The Morgan fingerprint density at radius 1 is 1.12 bits per heavy atom. The van der Waals surface area contributed by atoms with Crippen LogP contribution in [0.2, 0.25) is 0 Å². The number of benzene rings is 2. The van der Waals surface area contributed by atoms with E-state index in [1.54, 1.807) is 12.1 Å². The Bertz CT molecular complexity index is 842. The lowest BCUT2D eigenvalue weighted by Gasteiger charge is -2.35. The van der Waals surface area contributed by atoms with E-state index >= 15 is 0 Å². The maximum Gasteiger partial charge on any atom is 0.263 e. The van der Waals surface area contributed by atoms with Gasteiger partial charge in [-0.1, -0.05) is 55.8 Å². The lowest BCUT2D eigenvalue weighted by molar-refractivity contribution is -0.133. The van der Waals surface area contributed by atoms with Gasteiger partial charge >= 0.3 is 0 Å². The second-order valence-corrected chi connectivity index (χ2v) is 8.56. The Kier molecular flexibility index (Phi) is 8.74. The predicted molar refractivity (Wildman–Crippen MR) is 121 cm³/mol. The van der Waals surface area contributed by atoms with Gasteiger partial charge in [0.15, 0.2) is 0 Å². The van der Waals surface area contributed by atoms with E-state index in [9.17, 15) is 18.0 Å². The fraction of sp³-hybridized carbons (Fsp3) is 0.500. The summed E-state index contributed by atoms with van der Waals surface area (Å²) in [6, 6.07) is 15.0. The van der Waals surface area contributed by atoms with Crippen LogP contribution in [0, 0.1) is 5.82 Å².